The van der Waals surface area contributed by atoms with E-state index in [2.05, 4.69) is 10.6 Å². The van der Waals surface area contributed by atoms with E-state index in [-0.39, 0.29) is 6.03 Å². The predicted molar refractivity (Wildman–Crippen MR) is 109 cm³/mol. The van der Waals surface area contributed by atoms with Crippen molar-refractivity contribution in [2.45, 2.75) is 6.92 Å². The number of hydrogen-bond donors (Lipinski definition) is 2. The number of rotatable bonds is 3. The van der Waals surface area contributed by atoms with Crippen molar-refractivity contribution >= 4 is 34.7 Å². The van der Waals surface area contributed by atoms with Gasteiger partial charge in [-0.15, -0.1) is 0 Å². The lowest BCUT2D eigenvalue weighted by molar-refractivity contribution is 0.262. The Hall–Kier alpha value is -3.31. The van der Waals surface area contributed by atoms with Crippen LogP contribution in [0.25, 0.3) is 16.9 Å². The van der Waals surface area contributed by atoms with E-state index in [1.807, 2.05) is 60.1 Å². The van der Waals surface area contributed by atoms with E-state index in [0.29, 0.717) is 16.4 Å². The van der Waals surface area contributed by atoms with Crippen LogP contribution in [-0.4, -0.2) is 15.4 Å². The van der Waals surface area contributed by atoms with Crippen molar-refractivity contribution in [1.82, 2.24) is 9.38 Å². The maximum atomic E-state index is 12.4. The maximum absolute atomic E-state index is 12.4. The van der Waals surface area contributed by atoms with Crippen LogP contribution in [-0.2, 0) is 0 Å². The third kappa shape index (κ3) is 3.64. The second-order valence-corrected chi connectivity index (χ2v) is 6.62. The molecule has 4 rings (SSSR count). The summed E-state index contributed by atoms with van der Waals surface area (Å²) >= 11 is 5.96. The molecule has 0 aliphatic carbocycles. The molecule has 0 saturated carbocycles. The lowest BCUT2D eigenvalue weighted by atomic mass is 10.1. The Balaban J connectivity index is 1.62. The molecule has 0 radical (unpaired) electrons. The molecule has 134 valence electrons. The summed E-state index contributed by atoms with van der Waals surface area (Å²) in [7, 11) is 0. The molecule has 2 heterocycles. The highest BCUT2D eigenvalue weighted by atomic mass is 35.5. The van der Waals surface area contributed by atoms with Crippen LogP contribution in [0.5, 0.6) is 0 Å². The van der Waals surface area contributed by atoms with Crippen molar-refractivity contribution in [2.24, 2.45) is 0 Å². The van der Waals surface area contributed by atoms with E-state index in [1.54, 1.807) is 24.3 Å². The number of halogens is 1. The SMILES string of the molecule is Cc1cccn2cc(-c3ccccc3NC(=O)Nc3cccc(Cl)c3)nc12. The van der Waals surface area contributed by atoms with Gasteiger partial charge in [-0.25, -0.2) is 9.78 Å². The summed E-state index contributed by atoms with van der Waals surface area (Å²) in [4.78, 5) is 17.1. The average Bonchev–Trinajstić information content (AvgIpc) is 3.07. The lowest BCUT2D eigenvalue weighted by Crippen LogP contribution is -2.19. The quantitative estimate of drug-likeness (QED) is 0.488. The molecule has 27 heavy (non-hydrogen) atoms. The zero-order chi connectivity index (χ0) is 18.8. The number of pyridine rings is 1. The summed E-state index contributed by atoms with van der Waals surface area (Å²) in [6.45, 7) is 2.02. The summed E-state index contributed by atoms with van der Waals surface area (Å²) in [5.41, 5.74) is 4.93. The topological polar surface area (TPSA) is 58.4 Å². The molecular weight excluding hydrogens is 360 g/mol. The molecule has 6 heteroatoms. The van der Waals surface area contributed by atoms with Gasteiger partial charge in [0.15, 0.2) is 0 Å². The van der Waals surface area contributed by atoms with Crippen molar-refractivity contribution in [3.63, 3.8) is 0 Å². The van der Waals surface area contributed by atoms with E-state index in [1.165, 1.54) is 0 Å². The van der Waals surface area contributed by atoms with Gasteiger partial charge in [-0.3, -0.25) is 0 Å². The molecule has 0 spiro atoms. The summed E-state index contributed by atoms with van der Waals surface area (Å²) in [5, 5.41) is 6.24. The molecule has 2 amide bonds. The Morgan fingerprint density at radius 2 is 1.89 bits per heavy atom. The average molecular weight is 377 g/mol. The van der Waals surface area contributed by atoms with Crippen molar-refractivity contribution in [3.05, 3.63) is 83.6 Å². The summed E-state index contributed by atoms with van der Waals surface area (Å²) in [6.07, 6.45) is 3.92. The fraction of sp³-hybridized carbons (Fsp3) is 0.0476. The standard InChI is InChI=1S/C21H17ClN4O/c1-14-6-5-11-26-13-19(24-20(14)26)17-9-2-3-10-18(17)25-21(27)23-16-8-4-7-15(22)12-16/h2-13H,1H3,(H2,23,25,27). The number of carbonyl (C=O) groups excluding carboxylic acids is 1. The van der Waals surface area contributed by atoms with Crippen LogP contribution in [0.1, 0.15) is 5.56 Å². The number of urea groups is 1. The molecule has 5 nitrogen and oxygen atoms in total. The molecule has 0 aliphatic rings. The number of hydrogen-bond acceptors (Lipinski definition) is 2. The smallest absolute Gasteiger partial charge is 0.308 e. The number of amides is 2. The largest absolute Gasteiger partial charge is 0.323 e. The number of nitrogens with one attached hydrogen (secondary N) is 2. The van der Waals surface area contributed by atoms with Gasteiger partial charge < -0.3 is 15.0 Å². The Morgan fingerprint density at radius 1 is 1.04 bits per heavy atom. The van der Waals surface area contributed by atoms with Gasteiger partial charge in [0.25, 0.3) is 0 Å². The summed E-state index contributed by atoms with van der Waals surface area (Å²) < 4.78 is 1.98. The van der Waals surface area contributed by atoms with Crippen LogP contribution >= 0.6 is 11.6 Å². The van der Waals surface area contributed by atoms with Gasteiger partial charge >= 0.3 is 6.03 Å². The van der Waals surface area contributed by atoms with Gasteiger partial charge in [-0.05, 0) is 42.8 Å². The Bertz CT molecular complexity index is 1140. The molecule has 0 bridgehead atoms. The van der Waals surface area contributed by atoms with Crippen molar-refractivity contribution in [2.75, 3.05) is 10.6 Å². The number of nitrogens with zero attached hydrogens (tertiary/aromatic N) is 2. The third-order valence-electron chi connectivity index (χ3n) is 4.21. The minimum atomic E-state index is -0.343. The number of imidazole rings is 1. The first-order valence-electron chi connectivity index (χ1n) is 8.47. The highest BCUT2D eigenvalue weighted by Crippen LogP contribution is 2.28. The van der Waals surface area contributed by atoms with Crippen LogP contribution in [0, 0.1) is 6.92 Å². The zero-order valence-electron chi connectivity index (χ0n) is 14.6. The van der Waals surface area contributed by atoms with E-state index in [4.69, 9.17) is 16.6 Å². The molecule has 2 aromatic carbocycles. The van der Waals surface area contributed by atoms with Crippen LogP contribution in [0.4, 0.5) is 16.2 Å². The van der Waals surface area contributed by atoms with Gasteiger partial charge in [0.2, 0.25) is 0 Å². The van der Waals surface area contributed by atoms with Gasteiger partial charge in [-0.2, -0.15) is 0 Å². The van der Waals surface area contributed by atoms with Crippen LogP contribution in [0.2, 0.25) is 5.02 Å². The first kappa shape index (κ1) is 17.1. The molecule has 0 aliphatic heterocycles. The van der Waals surface area contributed by atoms with E-state index >= 15 is 0 Å². The highest BCUT2D eigenvalue weighted by molar-refractivity contribution is 6.30. The van der Waals surface area contributed by atoms with Gasteiger partial charge in [0, 0.05) is 28.7 Å². The normalized spacial score (nSPS) is 10.7. The molecule has 0 saturated heterocycles. The number of benzene rings is 2. The number of para-hydroxylation sites is 1. The van der Waals surface area contributed by atoms with Crippen molar-refractivity contribution in [1.29, 1.82) is 0 Å². The number of fused-ring (bicyclic) bond motifs is 1. The van der Waals surface area contributed by atoms with Gasteiger partial charge in [0.1, 0.15) is 5.65 Å². The second-order valence-electron chi connectivity index (χ2n) is 6.18. The number of carbonyl (C=O) groups is 1. The van der Waals surface area contributed by atoms with Gasteiger partial charge in [0.05, 0.1) is 11.4 Å². The van der Waals surface area contributed by atoms with Crippen LogP contribution in [0.3, 0.4) is 0 Å². The van der Waals surface area contributed by atoms with E-state index in [9.17, 15) is 4.79 Å². The summed E-state index contributed by atoms with van der Waals surface area (Å²) in [5.74, 6) is 0. The van der Waals surface area contributed by atoms with E-state index in [0.717, 1.165) is 22.5 Å². The Morgan fingerprint density at radius 3 is 2.70 bits per heavy atom. The molecule has 0 atom stereocenters. The minimum Gasteiger partial charge on any atom is -0.308 e. The first-order chi connectivity index (χ1) is 13.1. The maximum Gasteiger partial charge on any atom is 0.323 e. The fourth-order valence-electron chi connectivity index (χ4n) is 2.95. The van der Waals surface area contributed by atoms with Crippen molar-refractivity contribution in [3.8, 4) is 11.3 Å². The highest BCUT2D eigenvalue weighted by Gasteiger charge is 2.12. The predicted octanol–water partition coefficient (Wildman–Crippen LogP) is 5.61. The molecule has 2 N–H and O–H groups in total. The van der Waals surface area contributed by atoms with Crippen LogP contribution < -0.4 is 10.6 Å². The Labute approximate surface area is 161 Å². The van der Waals surface area contributed by atoms with Crippen molar-refractivity contribution < 1.29 is 4.79 Å². The molecule has 0 fully saturated rings. The zero-order valence-corrected chi connectivity index (χ0v) is 15.4. The third-order valence-corrected chi connectivity index (χ3v) is 4.45. The summed E-state index contributed by atoms with van der Waals surface area (Å²) in [6, 6.07) is 18.3. The second kappa shape index (κ2) is 7.13. The van der Waals surface area contributed by atoms with Crippen LogP contribution in [0.15, 0.2) is 73.1 Å². The monoisotopic (exact) mass is 376 g/mol. The first-order valence-corrected chi connectivity index (χ1v) is 8.85. The number of anilines is 2. The fourth-order valence-corrected chi connectivity index (χ4v) is 3.14. The number of aryl methyl sites for hydroxylation is 1. The minimum absolute atomic E-state index is 0.343. The Kier molecular flexibility index (Phi) is 4.52. The van der Waals surface area contributed by atoms with E-state index < -0.39 is 0 Å². The molecule has 2 aromatic heterocycles. The lowest BCUT2D eigenvalue weighted by Gasteiger charge is -2.11. The molecular formula is C21H17ClN4O. The molecule has 4 aromatic rings. The molecule has 0 unspecified atom stereocenters. The van der Waals surface area contributed by atoms with Gasteiger partial charge in [-0.1, -0.05) is 41.9 Å². The number of aromatic nitrogens is 2.